The van der Waals surface area contributed by atoms with Gasteiger partial charge in [-0.25, -0.2) is 0 Å². The second-order valence-corrected chi connectivity index (χ2v) is 9.59. The molecule has 0 aliphatic carbocycles. The number of nitrogens with zero attached hydrogens (tertiary/aromatic N) is 2. The van der Waals surface area contributed by atoms with Crippen LogP contribution in [0.1, 0.15) is 55.1 Å². The molecule has 1 unspecified atom stereocenters. The van der Waals surface area contributed by atoms with Crippen LogP contribution in [0.2, 0.25) is 0 Å². The molecular weight excluding hydrogens is 438 g/mol. The number of aryl methyl sites for hydroxylation is 1. The van der Waals surface area contributed by atoms with Crippen molar-refractivity contribution in [2.75, 3.05) is 11.4 Å². The summed E-state index contributed by atoms with van der Waals surface area (Å²) in [5.74, 6) is -0.288. The highest BCUT2D eigenvalue weighted by Gasteiger charge is 2.30. The molecule has 4 rings (SSSR count). The fraction of sp³-hybridized carbons (Fsp3) is 0.345. The van der Waals surface area contributed by atoms with Gasteiger partial charge >= 0.3 is 0 Å². The Morgan fingerprint density at radius 2 is 1.71 bits per heavy atom. The SMILES string of the molecule is Cc1cccc(CN(C(=O)CCCN2C(=O)c3cccc4cccc2c34)C(C)C(=O)NC(C)C)c1. The molecule has 3 aromatic rings. The molecule has 6 nitrogen and oxygen atoms in total. The van der Waals surface area contributed by atoms with Gasteiger partial charge in [0.15, 0.2) is 0 Å². The highest BCUT2D eigenvalue weighted by molar-refractivity contribution is 6.25. The van der Waals surface area contributed by atoms with Gasteiger partial charge in [0.1, 0.15) is 6.04 Å². The quantitative estimate of drug-likeness (QED) is 0.486. The zero-order valence-electron chi connectivity index (χ0n) is 20.9. The van der Waals surface area contributed by atoms with Gasteiger partial charge in [-0.3, -0.25) is 14.4 Å². The zero-order valence-corrected chi connectivity index (χ0v) is 20.9. The van der Waals surface area contributed by atoms with Crippen LogP contribution in [0.15, 0.2) is 60.7 Å². The molecule has 1 aliphatic rings. The molecule has 6 heteroatoms. The topological polar surface area (TPSA) is 69.7 Å². The maximum Gasteiger partial charge on any atom is 0.258 e. The van der Waals surface area contributed by atoms with Crippen LogP contribution >= 0.6 is 0 Å². The van der Waals surface area contributed by atoms with E-state index in [1.165, 1.54) is 0 Å². The molecule has 0 radical (unpaired) electrons. The van der Waals surface area contributed by atoms with Crippen LogP contribution in [0.25, 0.3) is 10.8 Å². The molecule has 1 heterocycles. The molecular formula is C29H33N3O3. The lowest BCUT2D eigenvalue weighted by atomic mass is 10.1. The first-order valence-electron chi connectivity index (χ1n) is 12.2. The van der Waals surface area contributed by atoms with Gasteiger partial charge in [-0.05, 0) is 57.2 Å². The van der Waals surface area contributed by atoms with E-state index in [0.29, 0.717) is 25.1 Å². The van der Waals surface area contributed by atoms with Gasteiger partial charge in [-0.1, -0.05) is 54.1 Å². The van der Waals surface area contributed by atoms with Gasteiger partial charge in [0, 0.05) is 36.5 Å². The summed E-state index contributed by atoms with van der Waals surface area (Å²) in [6.45, 7) is 8.40. The lowest BCUT2D eigenvalue weighted by Crippen LogP contribution is -2.49. The van der Waals surface area contributed by atoms with Crippen molar-refractivity contribution >= 4 is 34.2 Å². The standard InChI is InChI=1S/C29H33N3O3/c1-19(2)30-28(34)21(4)32(18-22-10-5-9-20(3)17-22)26(33)15-8-16-31-25-14-7-12-23-11-6-13-24(27(23)25)29(31)35/h5-7,9-14,17,19,21H,8,15-16,18H2,1-4H3,(H,30,34). The zero-order chi connectivity index (χ0) is 25.1. The first kappa shape index (κ1) is 24.5. The lowest BCUT2D eigenvalue weighted by molar-refractivity contribution is -0.140. The largest absolute Gasteiger partial charge is 0.352 e. The van der Waals surface area contributed by atoms with Gasteiger partial charge in [0.2, 0.25) is 11.8 Å². The van der Waals surface area contributed by atoms with E-state index >= 15 is 0 Å². The number of hydrogen-bond acceptors (Lipinski definition) is 3. The minimum atomic E-state index is -0.600. The third-order valence-electron chi connectivity index (χ3n) is 6.46. The van der Waals surface area contributed by atoms with Crippen LogP contribution in [0.4, 0.5) is 5.69 Å². The Bertz CT molecular complexity index is 1260. The fourth-order valence-corrected chi connectivity index (χ4v) is 4.73. The molecule has 0 bridgehead atoms. The molecule has 0 saturated heterocycles. The molecule has 3 aromatic carbocycles. The Balaban J connectivity index is 1.46. The predicted molar refractivity (Wildman–Crippen MR) is 139 cm³/mol. The van der Waals surface area contributed by atoms with E-state index in [1.54, 1.807) is 16.7 Å². The summed E-state index contributed by atoms with van der Waals surface area (Å²) in [4.78, 5) is 42.6. The Morgan fingerprint density at radius 3 is 2.43 bits per heavy atom. The lowest BCUT2D eigenvalue weighted by Gasteiger charge is -2.30. The average molecular weight is 472 g/mol. The van der Waals surface area contributed by atoms with E-state index in [4.69, 9.17) is 0 Å². The molecule has 0 aromatic heterocycles. The van der Waals surface area contributed by atoms with Crippen molar-refractivity contribution in [3.05, 3.63) is 77.4 Å². The first-order chi connectivity index (χ1) is 16.8. The summed E-state index contributed by atoms with van der Waals surface area (Å²) in [7, 11) is 0. The molecule has 3 amide bonds. The van der Waals surface area contributed by atoms with E-state index in [9.17, 15) is 14.4 Å². The van der Waals surface area contributed by atoms with E-state index in [2.05, 4.69) is 5.32 Å². The molecule has 0 spiro atoms. The van der Waals surface area contributed by atoms with E-state index in [-0.39, 0.29) is 30.2 Å². The van der Waals surface area contributed by atoms with Crippen LogP contribution in [0, 0.1) is 6.92 Å². The minimum absolute atomic E-state index is 0.00797. The van der Waals surface area contributed by atoms with Gasteiger partial charge in [-0.2, -0.15) is 0 Å². The Hall–Kier alpha value is -3.67. The Kier molecular flexibility index (Phi) is 7.20. The van der Waals surface area contributed by atoms with Crippen LogP contribution < -0.4 is 10.2 Å². The Labute approximate surface area is 206 Å². The third kappa shape index (κ3) is 5.21. The van der Waals surface area contributed by atoms with Crippen molar-refractivity contribution in [1.82, 2.24) is 10.2 Å². The first-order valence-corrected chi connectivity index (χ1v) is 12.2. The summed E-state index contributed by atoms with van der Waals surface area (Å²) in [5, 5.41) is 4.94. The summed E-state index contributed by atoms with van der Waals surface area (Å²) in [6, 6.07) is 19.1. The number of carbonyl (C=O) groups excluding carboxylic acids is 3. The minimum Gasteiger partial charge on any atom is -0.352 e. The van der Waals surface area contributed by atoms with Crippen LogP contribution in [-0.4, -0.2) is 41.2 Å². The van der Waals surface area contributed by atoms with E-state index in [0.717, 1.165) is 27.6 Å². The Morgan fingerprint density at radius 1 is 1.00 bits per heavy atom. The summed E-state index contributed by atoms with van der Waals surface area (Å²) >= 11 is 0. The monoisotopic (exact) mass is 471 g/mol. The van der Waals surface area contributed by atoms with E-state index < -0.39 is 6.04 Å². The summed E-state index contributed by atoms with van der Waals surface area (Å²) in [6.07, 6.45) is 0.763. The summed E-state index contributed by atoms with van der Waals surface area (Å²) < 4.78 is 0. The number of benzene rings is 3. The number of amides is 3. The van der Waals surface area contributed by atoms with Gasteiger partial charge < -0.3 is 15.1 Å². The highest BCUT2D eigenvalue weighted by Crippen LogP contribution is 2.37. The van der Waals surface area contributed by atoms with Crippen molar-refractivity contribution in [3.8, 4) is 0 Å². The van der Waals surface area contributed by atoms with Crippen molar-refractivity contribution < 1.29 is 14.4 Å². The molecule has 182 valence electrons. The van der Waals surface area contributed by atoms with Crippen LogP contribution in [0.5, 0.6) is 0 Å². The van der Waals surface area contributed by atoms with Crippen molar-refractivity contribution in [2.45, 2.75) is 59.2 Å². The second kappa shape index (κ2) is 10.3. The normalized spacial score (nSPS) is 13.4. The maximum absolute atomic E-state index is 13.4. The predicted octanol–water partition coefficient (Wildman–Crippen LogP) is 4.83. The maximum atomic E-state index is 13.4. The van der Waals surface area contributed by atoms with Crippen molar-refractivity contribution in [1.29, 1.82) is 0 Å². The fourth-order valence-electron chi connectivity index (χ4n) is 4.73. The van der Waals surface area contributed by atoms with Gasteiger partial charge in [-0.15, -0.1) is 0 Å². The molecule has 35 heavy (non-hydrogen) atoms. The van der Waals surface area contributed by atoms with Gasteiger partial charge in [0.25, 0.3) is 5.91 Å². The highest BCUT2D eigenvalue weighted by atomic mass is 16.2. The number of hydrogen-bond donors (Lipinski definition) is 1. The molecule has 0 fully saturated rings. The smallest absolute Gasteiger partial charge is 0.258 e. The molecule has 1 atom stereocenters. The van der Waals surface area contributed by atoms with Crippen molar-refractivity contribution in [3.63, 3.8) is 0 Å². The molecule has 0 saturated carbocycles. The van der Waals surface area contributed by atoms with Crippen LogP contribution in [0.3, 0.4) is 0 Å². The third-order valence-corrected chi connectivity index (χ3v) is 6.46. The number of carbonyl (C=O) groups is 3. The average Bonchev–Trinajstić information content (AvgIpc) is 3.10. The van der Waals surface area contributed by atoms with Gasteiger partial charge in [0.05, 0.1) is 5.69 Å². The summed E-state index contributed by atoms with van der Waals surface area (Å²) in [5.41, 5.74) is 3.70. The van der Waals surface area contributed by atoms with Crippen LogP contribution in [-0.2, 0) is 16.1 Å². The van der Waals surface area contributed by atoms with Crippen molar-refractivity contribution in [2.24, 2.45) is 0 Å². The molecule has 1 aliphatic heterocycles. The number of nitrogens with one attached hydrogen (secondary N) is 1. The van der Waals surface area contributed by atoms with E-state index in [1.807, 2.05) is 81.4 Å². The number of rotatable bonds is 9. The number of anilines is 1. The molecule has 1 N–H and O–H groups in total. The second-order valence-electron chi connectivity index (χ2n) is 9.59.